The fourth-order valence-corrected chi connectivity index (χ4v) is 2.16. The SMILES string of the molecule is COC1C(=O)N(c2ncc(C)cn2)CC1(C)C. The zero-order valence-electron chi connectivity index (χ0n) is 10.6. The minimum Gasteiger partial charge on any atom is -0.371 e. The van der Waals surface area contributed by atoms with Gasteiger partial charge in [-0.2, -0.15) is 0 Å². The van der Waals surface area contributed by atoms with E-state index in [1.165, 1.54) is 0 Å². The topological polar surface area (TPSA) is 55.3 Å². The van der Waals surface area contributed by atoms with Gasteiger partial charge in [0, 0.05) is 31.5 Å². The third kappa shape index (κ3) is 2.02. The lowest BCUT2D eigenvalue weighted by Crippen LogP contribution is -2.33. The van der Waals surface area contributed by atoms with Crippen LogP contribution >= 0.6 is 0 Å². The van der Waals surface area contributed by atoms with E-state index in [4.69, 9.17) is 4.74 Å². The first kappa shape index (κ1) is 12.0. The van der Waals surface area contributed by atoms with Crippen molar-refractivity contribution in [3.63, 3.8) is 0 Å². The van der Waals surface area contributed by atoms with Gasteiger partial charge in [-0.05, 0) is 12.5 Å². The van der Waals surface area contributed by atoms with Crippen LogP contribution in [-0.2, 0) is 9.53 Å². The van der Waals surface area contributed by atoms with Crippen LogP contribution in [0, 0.1) is 12.3 Å². The highest BCUT2D eigenvalue weighted by Crippen LogP contribution is 2.34. The molecule has 0 N–H and O–H groups in total. The molecule has 1 fully saturated rings. The molecule has 0 bridgehead atoms. The average molecular weight is 235 g/mol. The molecule has 1 saturated heterocycles. The number of carbonyl (C=O) groups is 1. The van der Waals surface area contributed by atoms with Gasteiger partial charge in [-0.25, -0.2) is 9.97 Å². The number of hydrogen-bond donors (Lipinski definition) is 0. The van der Waals surface area contributed by atoms with Gasteiger partial charge in [0.05, 0.1) is 0 Å². The molecule has 17 heavy (non-hydrogen) atoms. The number of nitrogens with zero attached hydrogens (tertiary/aromatic N) is 3. The van der Waals surface area contributed by atoms with E-state index >= 15 is 0 Å². The molecule has 0 saturated carbocycles. The molecule has 5 heteroatoms. The molecule has 1 aromatic heterocycles. The van der Waals surface area contributed by atoms with Crippen molar-refractivity contribution in [2.75, 3.05) is 18.6 Å². The molecule has 0 aromatic carbocycles. The summed E-state index contributed by atoms with van der Waals surface area (Å²) in [7, 11) is 1.56. The Bertz CT molecular complexity index is 428. The number of amides is 1. The molecule has 1 unspecified atom stereocenters. The van der Waals surface area contributed by atoms with E-state index in [0.717, 1.165) is 5.56 Å². The van der Waals surface area contributed by atoms with Gasteiger partial charge >= 0.3 is 0 Å². The van der Waals surface area contributed by atoms with Crippen LogP contribution in [-0.4, -0.2) is 35.6 Å². The van der Waals surface area contributed by atoms with E-state index < -0.39 is 6.10 Å². The molecule has 5 nitrogen and oxygen atoms in total. The highest BCUT2D eigenvalue weighted by Gasteiger charge is 2.47. The molecular formula is C12H17N3O2. The van der Waals surface area contributed by atoms with E-state index in [9.17, 15) is 4.79 Å². The van der Waals surface area contributed by atoms with Crippen molar-refractivity contribution >= 4 is 11.9 Å². The molecule has 0 aliphatic carbocycles. The van der Waals surface area contributed by atoms with Crippen molar-refractivity contribution in [3.05, 3.63) is 18.0 Å². The van der Waals surface area contributed by atoms with Gasteiger partial charge in [0.25, 0.3) is 5.91 Å². The molecule has 1 amide bonds. The molecule has 1 atom stereocenters. The summed E-state index contributed by atoms with van der Waals surface area (Å²) in [6, 6.07) is 0. The Hall–Kier alpha value is -1.49. The van der Waals surface area contributed by atoms with Crippen molar-refractivity contribution in [1.82, 2.24) is 9.97 Å². The summed E-state index contributed by atoms with van der Waals surface area (Å²) < 4.78 is 5.27. The number of aryl methyl sites for hydroxylation is 1. The van der Waals surface area contributed by atoms with E-state index in [1.54, 1.807) is 24.4 Å². The van der Waals surface area contributed by atoms with Crippen LogP contribution in [0.2, 0.25) is 0 Å². The summed E-state index contributed by atoms with van der Waals surface area (Å²) >= 11 is 0. The van der Waals surface area contributed by atoms with Gasteiger partial charge in [-0.3, -0.25) is 9.69 Å². The molecule has 2 heterocycles. The van der Waals surface area contributed by atoms with Crippen LogP contribution in [0.3, 0.4) is 0 Å². The van der Waals surface area contributed by atoms with Crippen LogP contribution in [0.5, 0.6) is 0 Å². The average Bonchev–Trinajstić information content (AvgIpc) is 2.50. The van der Waals surface area contributed by atoms with Crippen molar-refractivity contribution in [3.8, 4) is 0 Å². The zero-order valence-corrected chi connectivity index (χ0v) is 10.6. The monoisotopic (exact) mass is 235 g/mol. The minimum atomic E-state index is -0.424. The van der Waals surface area contributed by atoms with Crippen LogP contribution in [0.25, 0.3) is 0 Å². The summed E-state index contributed by atoms with van der Waals surface area (Å²) in [4.78, 5) is 22.1. The third-order valence-corrected chi connectivity index (χ3v) is 3.01. The fourth-order valence-electron chi connectivity index (χ4n) is 2.16. The molecule has 2 rings (SSSR count). The summed E-state index contributed by atoms with van der Waals surface area (Å²) in [6.45, 7) is 6.51. The molecule has 92 valence electrons. The maximum atomic E-state index is 12.2. The molecule has 0 spiro atoms. The standard InChI is InChI=1S/C12H17N3O2/c1-8-5-13-11(14-6-8)15-7-12(2,3)9(17-4)10(15)16/h5-6,9H,7H2,1-4H3. The van der Waals surface area contributed by atoms with Crippen LogP contribution in [0.1, 0.15) is 19.4 Å². The van der Waals surface area contributed by atoms with Gasteiger partial charge in [-0.15, -0.1) is 0 Å². The lowest BCUT2D eigenvalue weighted by Gasteiger charge is -2.21. The maximum absolute atomic E-state index is 12.2. The van der Waals surface area contributed by atoms with E-state index in [2.05, 4.69) is 9.97 Å². The number of ether oxygens (including phenoxy) is 1. The maximum Gasteiger partial charge on any atom is 0.259 e. The van der Waals surface area contributed by atoms with Crippen molar-refractivity contribution < 1.29 is 9.53 Å². The zero-order chi connectivity index (χ0) is 12.6. The summed E-state index contributed by atoms with van der Waals surface area (Å²) in [5.74, 6) is 0.384. The predicted octanol–water partition coefficient (Wildman–Crippen LogP) is 1.17. The van der Waals surface area contributed by atoms with Gasteiger partial charge in [0.1, 0.15) is 6.10 Å². The van der Waals surface area contributed by atoms with Gasteiger partial charge in [-0.1, -0.05) is 13.8 Å². The lowest BCUT2D eigenvalue weighted by atomic mass is 9.90. The van der Waals surface area contributed by atoms with Gasteiger partial charge < -0.3 is 4.74 Å². The van der Waals surface area contributed by atoms with Crippen LogP contribution in [0.4, 0.5) is 5.95 Å². The second-order valence-electron chi connectivity index (χ2n) is 5.09. The Kier molecular flexibility index (Phi) is 2.87. The normalized spacial score (nSPS) is 23.2. The molecular weight excluding hydrogens is 218 g/mol. The minimum absolute atomic E-state index is 0.0682. The summed E-state index contributed by atoms with van der Waals surface area (Å²) in [5, 5.41) is 0. The van der Waals surface area contributed by atoms with Crippen molar-refractivity contribution in [1.29, 1.82) is 0 Å². The Morgan fingerprint density at radius 2 is 2.00 bits per heavy atom. The van der Waals surface area contributed by atoms with E-state index in [-0.39, 0.29) is 11.3 Å². The van der Waals surface area contributed by atoms with E-state index in [0.29, 0.717) is 12.5 Å². The van der Waals surface area contributed by atoms with Crippen molar-refractivity contribution in [2.24, 2.45) is 5.41 Å². The summed E-state index contributed by atoms with van der Waals surface area (Å²) in [5.41, 5.74) is 0.753. The Balaban J connectivity index is 2.30. The van der Waals surface area contributed by atoms with E-state index in [1.807, 2.05) is 20.8 Å². The number of aromatic nitrogens is 2. The number of rotatable bonds is 2. The number of hydrogen-bond acceptors (Lipinski definition) is 4. The third-order valence-electron chi connectivity index (χ3n) is 3.01. The van der Waals surface area contributed by atoms with Gasteiger partial charge in [0.2, 0.25) is 5.95 Å². The Morgan fingerprint density at radius 1 is 1.41 bits per heavy atom. The highest BCUT2D eigenvalue weighted by atomic mass is 16.5. The number of carbonyl (C=O) groups excluding carboxylic acids is 1. The molecule has 1 aliphatic rings. The molecule has 1 aliphatic heterocycles. The van der Waals surface area contributed by atoms with Gasteiger partial charge in [0.15, 0.2) is 0 Å². The smallest absolute Gasteiger partial charge is 0.259 e. The molecule has 0 radical (unpaired) electrons. The fraction of sp³-hybridized carbons (Fsp3) is 0.583. The van der Waals surface area contributed by atoms with Crippen LogP contribution in [0.15, 0.2) is 12.4 Å². The van der Waals surface area contributed by atoms with Crippen LogP contribution < -0.4 is 4.90 Å². The second-order valence-corrected chi connectivity index (χ2v) is 5.09. The number of anilines is 1. The first-order valence-electron chi connectivity index (χ1n) is 5.58. The first-order valence-corrected chi connectivity index (χ1v) is 5.58. The Labute approximate surface area is 101 Å². The number of methoxy groups -OCH3 is 1. The largest absolute Gasteiger partial charge is 0.371 e. The highest BCUT2D eigenvalue weighted by molar-refractivity contribution is 5.98. The lowest BCUT2D eigenvalue weighted by molar-refractivity contribution is -0.128. The second kappa shape index (κ2) is 4.07. The first-order chi connectivity index (χ1) is 7.95. The van der Waals surface area contributed by atoms with Crippen molar-refractivity contribution in [2.45, 2.75) is 26.9 Å². The predicted molar refractivity (Wildman–Crippen MR) is 63.7 cm³/mol. The summed E-state index contributed by atoms with van der Waals surface area (Å²) in [6.07, 6.45) is 3.00. The Morgan fingerprint density at radius 3 is 2.47 bits per heavy atom. The molecule has 1 aromatic rings. The quantitative estimate of drug-likeness (QED) is 0.772.